The average Bonchev–Trinajstić information content (AvgIpc) is 1.41. The summed E-state index contributed by atoms with van der Waals surface area (Å²) in [6, 6.07) is 0. The van der Waals surface area contributed by atoms with Crippen LogP contribution < -0.4 is 0 Å². The SMILES string of the molecule is C[C-](C)C.[CH3-].[Cl][Rh+2]. The molecule has 0 aliphatic heterocycles. The molecule has 0 aliphatic carbocycles. The normalized spacial score (nSPS) is 6.00. The maximum atomic E-state index is 4.53. The summed E-state index contributed by atoms with van der Waals surface area (Å²) < 4.78 is 0. The van der Waals surface area contributed by atoms with Gasteiger partial charge in [0, 0.05) is 0 Å². The second-order valence-corrected chi connectivity index (χ2v) is 1.50. The molecule has 0 radical (unpaired) electrons. The van der Waals surface area contributed by atoms with Gasteiger partial charge in [0.2, 0.25) is 0 Å². The minimum atomic E-state index is 0. The van der Waals surface area contributed by atoms with Crippen molar-refractivity contribution in [1.29, 1.82) is 0 Å². The number of halogens is 1. The molecular formula is C5H12ClRh. The van der Waals surface area contributed by atoms with Crippen LogP contribution in [0.4, 0.5) is 0 Å². The molecule has 0 unspecified atom stereocenters. The molecule has 0 aliphatic rings. The molecule has 0 aromatic heterocycles. The zero-order chi connectivity index (χ0) is 5.58. The Labute approximate surface area is 61.4 Å². The molecule has 48 valence electrons. The van der Waals surface area contributed by atoms with Crippen LogP contribution in [-0.2, 0) is 17.3 Å². The molecule has 0 rings (SSSR count). The summed E-state index contributed by atoms with van der Waals surface area (Å²) >= 11 is 2.02. The summed E-state index contributed by atoms with van der Waals surface area (Å²) in [5.41, 5.74) is 0. The van der Waals surface area contributed by atoms with E-state index in [9.17, 15) is 0 Å². The van der Waals surface area contributed by atoms with Crippen LogP contribution in [0.15, 0.2) is 0 Å². The van der Waals surface area contributed by atoms with Crippen molar-refractivity contribution >= 4 is 9.69 Å². The third-order valence-electron chi connectivity index (χ3n) is 0. The first kappa shape index (κ1) is 15.7. The molecule has 0 saturated carbocycles. The fraction of sp³-hybridized carbons (Fsp3) is 0.600. The van der Waals surface area contributed by atoms with Crippen LogP contribution in [0.2, 0.25) is 0 Å². The van der Waals surface area contributed by atoms with Gasteiger partial charge in [0.25, 0.3) is 0 Å². The number of hydrogen-bond donors (Lipinski definition) is 0. The molecule has 0 N–H and O–H groups in total. The van der Waals surface area contributed by atoms with Crippen molar-refractivity contribution in [3.8, 4) is 0 Å². The first-order valence-electron chi connectivity index (χ1n) is 1.63. The summed E-state index contributed by atoms with van der Waals surface area (Å²) in [5, 5.41) is 0. The van der Waals surface area contributed by atoms with Crippen LogP contribution in [-0.4, -0.2) is 0 Å². The van der Waals surface area contributed by atoms with Crippen molar-refractivity contribution in [2.45, 2.75) is 20.8 Å². The van der Waals surface area contributed by atoms with E-state index in [0.29, 0.717) is 0 Å². The third-order valence-corrected chi connectivity index (χ3v) is 0. The van der Waals surface area contributed by atoms with Crippen LogP contribution in [0.5, 0.6) is 0 Å². The quantitative estimate of drug-likeness (QED) is 0.426. The van der Waals surface area contributed by atoms with Crippen molar-refractivity contribution in [1.82, 2.24) is 0 Å². The molecule has 7 heavy (non-hydrogen) atoms. The first-order valence-corrected chi connectivity index (χ1v) is 3.74. The minimum absolute atomic E-state index is 0. The number of hydrogen-bond acceptors (Lipinski definition) is 0. The molecule has 2 heteroatoms. The average molecular weight is 211 g/mol. The van der Waals surface area contributed by atoms with E-state index in [-0.39, 0.29) is 7.43 Å². The molecule has 0 amide bonds. The van der Waals surface area contributed by atoms with Crippen LogP contribution >= 0.6 is 9.69 Å². The Morgan fingerprint density at radius 2 is 1.14 bits per heavy atom. The van der Waals surface area contributed by atoms with Gasteiger partial charge in [0.15, 0.2) is 0 Å². The monoisotopic (exact) mass is 210 g/mol. The predicted molar refractivity (Wildman–Crippen MR) is 32.5 cm³/mol. The topological polar surface area (TPSA) is 0 Å². The fourth-order valence-corrected chi connectivity index (χ4v) is 0. The zero-order valence-electron chi connectivity index (χ0n) is 5.21. The van der Waals surface area contributed by atoms with Gasteiger partial charge in [-0.15, -0.1) is 0 Å². The van der Waals surface area contributed by atoms with E-state index in [1.54, 1.807) is 0 Å². The zero-order valence-corrected chi connectivity index (χ0v) is 7.61. The molecule has 0 aromatic rings. The van der Waals surface area contributed by atoms with E-state index in [1.165, 1.54) is 5.92 Å². The Morgan fingerprint density at radius 3 is 1.14 bits per heavy atom. The van der Waals surface area contributed by atoms with Crippen LogP contribution in [0, 0.1) is 13.3 Å². The second-order valence-electron chi connectivity index (χ2n) is 1.50. The molecule has 0 nitrogen and oxygen atoms in total. The van der Waals surface area contributed by atoms with Crippen molar-refractivity contribution in [3.05, 3.63) is 13.3 Å². The van der Waals surface area contributed by atoms with Gasteiger partial charge in [0.1, 0.15) is 0 Å². The second kappa shape index (κ2) is 15.8. The van der Waals surface area contributed by atoms with Crippen molar-refractivity contribution in [3.63, 3.8) is 0 Å². The fourth-order valence-electron chi connectivity index (χ4n) is 0. The van der Waals surface area contributed by atoms with E-state index < -0.39 is 0 Å². The Morgan fingerprint density at radius 1 is 1.14 bits per heavy atom. The van der Waals surface area contributed by atoms with E-state index in [4.69, 9.17) is 0 Å². The van der Waals surface area contributed by atoms with E-state index in [0.717, 1.165) is 0 Å². The van der Waals surface area contributed by atoms with Gasteiger partial charge in [-0.2, -0.15) is 20.8 Å². The van der Waals surface area contributed by atoms with E-state index in [1.807, 2.05) is 17.3 Å². The molecule has 0 fully saturated rings. The van der Waals surface area contributed by atoms with Crippen molar-refractivity contribution in [2.24, 2.45) is 0 Å². The van der Waals surface area contributed by atoms with Gasteiger partial charge >= 0.3 is 27.0 Å². The third kappa shape index (κ3) is 200. The Balaban J connectivity index is -0.0000000480. The predicted octanol–water partition coefficient (Wildman–Crippen LogP) is 2.76. The van der Waals surface area contributed by atoms with Crippen LogP contribution in [0.25, 0.3) is 0 Å². The molecule has 0 atom stereocenters. The van der Waals surface area contributed by atoms with Gasteiger partial charge in [0.05, 0.1) is 0 Å². The first-order chi connectivity index (χ1) is 2.73. The van der Waals surface area contributed by atoms with Gasteiger partial charge in [-0.25, -0.2) is 0 Å². The summed E-state index contributed by atoms with van der Waals surface area (Å²) in [6.45, 7) is 6.25. The van der Waals surface area contributed by atoms with Crippen LogP contribution in [0.1, 0.15) is 20.8 Å². The Kier molecular flexibility index (Phi) is 35.3. The van der Waals surface area contributed by atoms with Gasteiger partial charge in [-0.05, 0) is 0 Å². The van der Waals surface area contributed by atoms with Gasteiger partial charge in [-0.3, -0.25) is 0 Å². The van der Waals surface area contributed by atoms with Gasteiger partial charge in [-0.1, -0.05) is 0 Å². The number of rotatable bonds is 0. The molecule has 0 bridgehead atoms. The van der Waals surface area contributed by atoms with E-state index in [2.05, 4.69) is 30.5 Å². The van der Waals surface area contributed by atoms with Crippen molar-refractivity contribution in [2.75, 3.05) is 0 Å². The molecular weight excluding hydrogens is 198 g/mol. The van der Waals surface area contributed by atoms with E-state index >= 15 is 0 Å². The Hall–Kier alpha value is 0.913. The maximum absolute atomic E-state index is 4.53. The van der Waals surface area contributed by atoms with Gasteiger partial charge < -0.3 is 13.3 Å². The molecule has 0 heterocycles. The summed E-state index contributed by atoms with van der Waals surface area (Å²) in [6.07, 6.45) is 0. The molecule has 0 saturated heterocycles. The summed E-state index contributed by atoms with van der Waals surface area (Å²) in [5.74, 6) is 1.42. The van der Waals surface area contributed by atoms with Crippen LogP contribution in [0.3, 0.4) is 0 Å². The summed E-state index contributed by atoms with van der Waals surface area (Å²) in [7, 11) is 4.53. The molecule has 0 aromatic carbocycles. The van der Waals surface area contributed by atoms with Crippen molar-refractivity contribution < 1.29 is 17.3 Å². The standard InChI is InChI=1S/C4H9.CH3.ClH.Rh/c1-4(2)3;;;/h1-3H3;1H3;1H;/q2*-1;;+3/p-1. The summed E-state index contributed by atoms with van der Waals surface area (Å²) in [4.78, 5) is 0. The molecule has 0 spiro atoms. The Bertz CT molecular complexity index is 12.8.